The molecule has 3 aromatic rings. The summed E-state index contributed by atoms with van der Waals surface area (Å²) in [5.74, 6) is -1.44. The third kappa shape index (κ3) is 4.77. The molecule has 0 fully saturated rings. The van der Waals surface area contributed by atoms with Crippen molar-refractivity contribution in [2.24, 2.45) is 0 Å². The lowest BCUT2D eigenvalue weighted by molar-refractivity contribution is 0.0468. The number of hydrogen-bond donors (Lipinski definition) is 2. The standard InChI is InChI=1S/C26H26O7/c1-14-11-19(27)17(4)24(28)22(14)26(30)33-20-12-21(31-5)23(16(3)15(20)2)25(29)32-13-18-9-7-6-8-10-18/h6-12,27-28H,13H2,1-5H3. The Morgan fingerprint density at radius 1 is 0.818 bits per heavy atom. The SMILES string of the molecule is COc1cc(OC(=O)c2c(C)cc(O)c(C)c2O)c(C)c(C)c1C(=O)OCc1ccccc1. The Balaban J connectivity index is 1.91. The zero-order valence-electron chi connectivity index (χ0n) is 19.2. The van der Waals surface area contributed by atoms with Crippen molar-refractivity contribution in [2.45, 2.75) is 34.3 Å². The second kappa shape index (κ2) is 9.65. The van der Waals surface area contributed by atoms with Crippen molar-refractivity contribution < 1.29 is 34.0 Å². The number of carbonyl (C=O) groups is 2. The van der Waals surface area contributed by atoms with E-state index in [1.165, 1.54) is 26.2 Å². The Hall–Kier alpha value is -4.00. The van der Waals surface area contributed by atoms with Crippen LogP contribution in [0.15, 0.2) is 42.5 Å². The van der Waals surface area contributed by atoms with Gasteiger partial charge in [-0.1, -0.05) is 30.3 Å². The van der Waals surface area contributed by atoms with Gasteiger partial charge in [0.05, 0.1) is 7.11 Å². The maximum absolute atomic E-state index is 12.9. The highest BCUT2D eigenvalue weighted by molar-refractivity contribution is 5.98. The summed E-state index contributed by atoms with van der Waals surface area (Å²) in [6.45, 7) is 6.61. The number of methoxy groups -OCH3 is 1. The molecule has 2 N–H and O–H groups in total. The smallest absolute Gasteiger partial charge is 0.347 e. The fourth-order valence-electron chi connectivity index (χ4n) is 3.46. The molecule has 3 aromatic carbocycles. The Morgan fingerprint density at radius 3 is 2.12 bits per heavy atom. The van der Waals surface area contributed by atoms with E-state index >= 15 is 0 Å². The first kappa shape index (κ1) is 23.7. The summed E-state index contributed by atoms with van der Waals surface area (Å²) in [5, 5.41) is 20.2. The molecule has 0 atom stereocenters. The van der Waals surface area contributed by atoms with Gasteiger partial charge in [0.25, 0.3) is 0 Å². The molecule has 0 bridgehead atoms. The van der Waals surface area contributed by atoms with E-state index in [4.69, 9.17) is 14.2 Å². The molecule has 0 heterocycles. The molecule has 0 aliphatic rings. The molecule has 0 radical (unpaired) electrons. The predicted molar refractivity (Wildman–Crippen MR) is 122 cm³/mol. The highest BCUT2D eigenvalue weighted by atomic mass is 16.5. The van der Waals surface area contributed by atoms with E-state index in [0.29, 0.717) is 16.7 Å². The van der Waals surface area contributed by atoms with Gasteiger partial charge in [-0.2, -0.15) is 0 Å². The Labute approximate surface area is 192 Å². The van der Waals surface area contributed by atoms with Crippen LogP contribution in [0.25, 0.3) is 0 Å². The zero-order valence-corrected chi connectivity index (χ0v) is 19.2. The number of carbonyl (C=O) groups excluding carboxylic acids is 2. The van der Waals surface area contributed by atoms with Gasteiger partial charge in [0.2, 0.25) is 0 Å². The first-order chi connectivity index (χ1) is 15.6. The molecule has 7 heteroatoms. The molecular weight excluding hydrogens is 424 g/mol. The summed E-state index contributed by atoms with van der Waals surface area (Å²) in [5.41, 5.74) is 2.67. The maximum Gasteiger partial charge on any atom is 0.347 e. The molecular formula is C26H26O7. The number of phenols is 2. The normalized spacial score (nSPS) is 10.6. The molecule has 0 aliphatic heterocycles. The van der Waals surface area contributed by atoms with Crippen molar-refractivity contribution in [3.8, 4) is 23.0 Å². The van der Waals surface area contributed by atoms with E-state index in [9.17, 15) is 19.8 Å². The Kier molecular flexibility index (Phi) is 6.92. The van der Waals surface area contributed by atoms with Crippen molar-refractivity contribution in [1.82, 2.24) is 0 Å². The van der Waals surface area contributed by atoms with Gasteiger partial charge in [0.15, 0.2) is 0 Å². The molecule has 0 saturated carbocycles. The topological polar surface area (TPSA) is 102 Å². The van der Waals surface area contributed by atoms with Crippen LogP contribution in [-0.2, 0) is 11.3 Å². The monoisotopic (exact) mass is 450 g/mol. The number of esters is 2. The zero-order chi connectivity index (χ0) is 24.3. The van der Waals surface area contributed by atoms with Crippen molar-refractivity contribution in [1.29, 1.82) is 0 Å². The van der Waals surface area contributed by atoms with E-state index < -0.39 is 11.9 Å². The van der Waals surface area contributed by atoms with Crippen LogP contribution >= 0.6 is 0 Å². The summed E-state index contributed by atoms with van der Waals surface area (Å²) in [7, 11) is 1.41. The number of benzene rings is 3. The van der Waals surface area contributed by atoms with Gasteiger partial charge in [0, 0.05) is 11.6 Å². The van der Waals surface area contributed by atoms with Gasteiger partial charge in [-0.05, 0) is 56.0 Å². The molecule has 3 rings (SSSR count). The van der Waals surface area contributed by atoms with E-state index in [0.717, 1.165) is 5.56 Å². The average Bonchev–Trinajstić information content (AvgIpc) is 2.79. The maximum atomic E-state index is 12.9. The quantitative estimate of drug-likeness (QED) is 0.406. The second-order valence-corrected chi connectivity index (χ2v) is 7.71. The molecule has 0 spiro atoms. The van der Waals surface area contributed by atoms with Crippen LogP contribution in [0.2, 0.25) is 0 Å². The van der Waals surface area contributed by atoms with Crippen LogP contribution < -0.4 is 9.47 Å². The van der Waals surface area contributed by atoms with Crippen LogP contribution in [0.3, 0.4) is 0 Å². The number of phenolic OH excluding ortho intramolecular Hbond substituents is 2. The van der Waals surface area contributed by atoms with Crippen molar-refractivity contribution >= 4 is 11.9 Å². The summed E-state index contributed by atoms with van der Waals surface area (Å²) in [6.07, 6.45) is 0. The van der Waals surface area contributed by atoms with E-state index in [2.05, 4.69) is 0 Å². The van der Waals surface area contributed by atoms with Crippen LogP contribution in [0.4, 0.5) is 0 Å². The fraction of sp³-hybridized carbons (Fsp3) is 0.231. The number of aromatic hydroxyl groups is 2. The van der Waals surface area contributed by atoms with Gasteiger partial charge >= 0.3 is 11.9 Å². The molecule has 7 nitrogen and oxygen atoms in total. The van der Waals surface area contributed by atoms with Gasteiger partial charge in [-0.3, -0.25) is 0 Å². The fourth-order valence-corrected chi connectivity index (χ4v) is 3.46. The molecule has 0 aromatic heterocycles. The van der Waals surface area contributed by atoms with Crippen LogP contribution in [0.1, 0.15) is 48.5 Å². The number of hydrogen-bond acceptors (Lipinski definition) is 7. The lowest BCUT2D eigenvalue weighted by atomic mass is 10.0. The number of rotatable bonds is 6. The molecule has 0 unspecified atom stereocenters. The van der Waals surface area contributed by atoms with Gasteiger partial charge in [-0.25, -0.2) is 9.59 Å². The van der Waals surface area contributed by atoms with Gasteiger partial charge in [-0.15, -0.1) is 0 Å². The van der Waals surface area contributed by atoms with Crippen molar-refractivity contribution in [2.75, 3.05) is 7.11 Å². The molecule has 0 amide bonds. The summed E-state index contributed by atoms with van der Waals surface area (Å²) in [4.78, 5) is 25.7. The largest absolute Gasteiger partial charge is 0.508 e. The molecule has 172 valence electrons. The van der Waals surface area contributed by atoms with E-state index in [1.807, 2.05) is 30.3 Å². The lowest BCUT2D eigenvalue weighted by Crippen LogP contribution is -2.15. The lowest BCUT2D eigenvalue weighted by Gasteiger charge is -2.18. The predicted octanol–water partition coefficient (Wildman–Crippen LogP) is 4.92. The van der Waals surface area contributed by atoms with Crippen molar-refractivity contribution in [3.05, 3.63) is 81.4 Å². The van der Waals surface area contributed by atoms with Crippen LogP contribution in [-0.4, -0.2) is 29.3 Å². The first-order valence-corrected chi connectivity index (χ1v) is 10.3. The average molecular weight is 450 g/mol. The second-order valence-electron chi connectivity index (χ2n) is 7.71. The number of ether oxygens (including phenoxy) is 3. The van der Waals surface area contributed by atoms with Gasteiger partial charge < -0.3 is 24.4 Å². The Morgan fingerprint density at radius 2 is 1.48 bits per heavy atom. The summed E-state index contributed by atoms with van der Waals surface area (Å²) in [6, 6.07) is 12.1. The van der Waals surface area contributed by atoms with Crippen LogP contribution in [0.5, 0.6) is 23.0 Å². The molecule has 33 heavy (non-hydrogen) atoms. The minimum absolute atomic E-state index is 0.0485. The van der Waals surface area contributed by atoms with Crippen molar-refractivity contribution in [3.63, 3.8) is 0 Å². The first-order valence-electron chi connectivity index (χ1n) is 10.3. The van der Waals surface area contributed by atoms with Gasteiger partial charge in [0.1, 0.15) is 40.7 Å². The highest BCUT2D eigenvalue weighted by Gasteiger charge is 2.25. The van der Waals surface area contributed by atoms with Crippen LogP contribution in [0, 0.1) is 27.7 Å². The third-order valence-electron chi connectivity index (χ3n) is 5.58. The minimum Gasteiger partial charge on any atom is -0.508 e. The minimum atomic E-state index is -0.794. The van der Waals surface area contributed by atoms with E-state index in [1.54, 1.807) is 20.8 Å². The number of aryl methyl sites for hydroxylation is 1. The van der Waals surface area contributed by atoms with E-state index in [-0.39, 0.29) is 46.3 Å². The molecule has 0 aliphatic carbocycles. The third-order valence-corrected chi connectivity index (χ3v) is 5.58. The summed E-state index contributed by atoms with van der Waals surface area (Å²) >= 11 is 0. The summed E-state index contributed by atoms with van der Waals surface area (Å²) < 4.78 is 16.4. The molecule has 0 saturated heterocycles. The highest BCUT2D eigenvalue weighted by Crippen LogP contribution is 2.36. The Bertz CT molecular complexity index is 1210.